The lowest BCUT2D eigenvalue weighted by atomic mass is 10.2. The molecule has 0 fully saturated rings. The van der Waals surface area contributed by atoms with Crippen LogP contribution in [0.3, 0.4) is 0 Å². The first-order valence-electron chi connectivity index (χ1n) is 3.55. The van der Waals surface area contributed by atoms with E-state index in [1.807, 2.05) is 11.8 Å². The topological polar surface area (TPSA) is 38.0 Å². The summed E-state index contributed by atoms with van der Waals surface area (Å²) in [5, 5.41) is 6.00. The van der Waals surface area contributed by atoms with Gasteiger partial charge in [0.2, 0.25) is 0 Å². The van der Waals surface area contributed by atoms with Gasteiger partial charge in [-0.15, -0.1) is 11.8 Å². The lowest BCUT2D eigenvalue weighted by Crippen LogP contribution is -2.28. The highest BCUT2D eigenvalue weighted by molar-refractivity contribution is 8.02. The van der Waals surface area contributed by atoms with Gasteiger partial charge < -0.3 is 11.1 Å². The molecule has 0 amide bonds. The Kier molecular flexibility index (Phi) is 2.63. The Morgan fingerprint density at radius 1 is 1.80 bits per heavy atom. The minimum atomic E-state index is 0.540. The van der Waals surface area contributed by atoms with Crippen molar-refractivity contribution in [2.75, 3.05) is 6.54 Å². The van der Waals surface area contributed by atoms with Gasteiger partial charge in [0.1, 0.15) is 0 Å². The van der Waals surface area contributed by atoms with Crippen LogP contribution in [0.1, 0.15) is 13.8 Å². The zero-order valence-corrected chi connectivity index (χ0v) is 7.24. The van der Waals surface area contributed by atoms with Crippen molar-refractivity contribution < 1.29 is 0 Å². The van der Waals surface area contributed by atoms with Gasteiger partial charge in [-0.2, -0.15) is 0 Å². The van der Waals surface area contributed by atoms with Crippen molar-refractivity contribution in [2.24, 2.45) is 11.7 Å². The smallest absolute Gasteiger partial charge is 0.0784 e. The summed E-state index contributed by atoms with van der Waals surface area (Å²) in [6.07, 6.45) is 0. The molecule has 2 nitrogen and oxygen atoms in total. The fourth-order valence-electron chi connectivity index (χ4n) is 0.837. The van der Waals surface area contributed by atoms with Gasteiger partial charge in [0, 0.05) is 12.2 Å². The third-order valence-corrected chi connectivity index (χ3v) is 2.89. The van der Waals surface area contributed by atoms with E-state index in [1.165, 1.54) is 5.70 Å². The second-order valence-electron chi connectivity index (χ2n) is 2.79. The summed E-state index contributed by atoms with van der Waals surface area (Å²) in [7, 11) is 0. The van der Waals surface area contributed by atoms with Gasteiger partial charge in [-0.1, -0.05) is 13.8 Å². The predicted molar refractivity (Wildman–Crippen MR) is 46.5 cm³/mol. The number of rotatable bonds is 2. The molecule has 0 aromatic rings. The Morgan fingerprint density at radius 2 is 2.50 bits per heavy atom. The van der Waals surface area contributed by atoms with Crippen LogP contribution < -0.4 is 11.1 Å². The predicted octanol–water partition coefficient (Wildman–Crippen LogP) is 1.10. The first-order valence-corrected chi connectivity index (χ1v) is 4.49. The van der Waals surface area contributed by atoms with Gasteiger partial charge in [-0.3, -0.25) is 0 Å². The van der Waals surface area contributed by atoms with Gasteiger partial charge in [-0.25, -0.2) is 0 Å². The highest BCUT2D eigenvalue weighted by Crippen LogP contribution is 2.25. The molecule has 0 bridgehead atoms. The van der Waals surface area contributed by atoms with E-state index in [0.29, 0.717) is 17.8 Å². The fraction of sp³-hybridized carbons (Fsp3) is 0.714. The number of nitrogens with one attached hydrogen (secondary N) is 1. The van der Waals surface area contributed by atoms with E-state index in [2.05, 4.69) is 24.6 Å². The molecule has 1 aliphatic heterocycles. The summed E-state index contributed by atoms with van der Waals surface area (Å²) >= 11 is 1.83. The van der Waals surface area contributed by atoms with Gasteiger partial charge >= 0.3 is 0 Å². The van der Waals surface area contributed by atoms with Crippen LogP contribution in [-0.2, 0) is 0 Å². The van der Waals surface area contributed by atoms with Crippen LogP contribution in [-0.4, -0.2) is 11.9 Å². The molecule has 1 unspecified atom stereocenters. The summed E-state index contributed by atoms with van der Waals surface area (Å²) in [6.45, 7) is 5.05. The third kappa shape index (κ3) is 1.67. The molecule has 0 radical (unpaired) electrons. The van der Waals surface area contributed by atoms with Crippen LogP contribution in [0.5, 0.6) is 0 Å². The Morgan fingerprint density at radius 3 is 2.80 bits per heavy atom. The van der Waals surface area contributed by atoms with E-state index in [0.717, 1.165) is 0 Å². The number of hydrogen-bond donors (Lipinski definition) is 2. The molecule has 0 spiro atoms. The molecule has 0 aromatic heterocycles. The SMILES string of the molecule is CC(C)C1NC(CN)=CS1. The third-order valence-electron chi connectivity index (χ3n) is 1.51. The van der Waals surface area contributed by atoms with E-state index >= 15 is 0 Å². The van der Waals surface area contributed by atoms with Crippen LogP contribution in [0.2, 0.25) is 0 Å². The molecule has 10 heavy (non-hydrogen) atoms. The van der Waals surface area contributed by atoms with Crippen LogP contribution in [0.15, 0.2) is 11.1 Å². The zero-order chi connectivity index (χ0) is 7.56. The minimum absolute atomic E-state index is 0.540. The van der Waals surface area contributed by atoms with Gasteiger partial charge in [-0.05, 0) is 11.3 Å². The van der Waals surface area contributed by atoms with Crippen LogP contribution >= 0.6 is 11.8 Å². The first-order chi connectivity index (χ1) is 4.74. The van der Waals surface area contributed by atoms with Gasteiger partial charge in [0.05, 0.1) is 5.37 Å². The van der Waals surface area contributed by atoms with E-state index in [9.17, 15) is 0 Å². The number of hydrogen-bond acceptors (Lipinski definition) is 3. The molecule has 1 heterocycles. The second kappa shape index (κ2) is 3.30. The van der Waals surface area contributed by atoms with Gasteiger partial charge in [0.25, 0.3) is 0 Å². The second-order valence-corrected chi connectivity index (χ2v) is 3.81. The Hall–Kier alpha value is -0.150. The first kappa shape index (κ1) is 7.95. The van der Waals surface area contributed by atoms with Crippen molar-refractivity contribution in [3.8, 4) is 0 Å². The molecular formula is C7H14N2S. The van der Waals surface area contributed by atoms with Crippen molar-refractivity contribution in [3.05, 3.63) is 11.1 Å². The minimum Gasteiger partial charge on any atom is -0.375 e. The van der Waals surface area contributed by atoms with E-state index < -0.39 is 0 Å². The average molecular weight is 158 g/mol. The monoisotopic (exact) mass is 158 g/mol. The number of nitrogens with two attached hydrogens (primary N) is 1. The lowest BCUT2D eigenvalue weighted by Gasteiger charge is -2.15. The molecule has 1 rings (SSSR count). The van der Waals surface area contributed by atoms with E-state index in [4.69, 9.17) is 5.73 Å². The molecule has 0 saturated heterocycles. The maximum atomic E-state index is 5.45. The summed E-state index contributed by atoms with van der Waals surface area (Å²) in [6, 6.07) is 0. The molecule has 3 heteroatoms. The molecular weight excluding hydrogens is 144 g/mol. The summed E-state index contributed by atoms with van der Waals surface area (Å²) in [5.74, 6) is 0.672. The van der Waals surface area contributed by atoms with Crippen molar-refractivity contribution >= 4 is 11.8 Å². The van der Waals surface area contributed by atoms with Crippen molar-refractivity contribution in [2.45, 2.75) is 19.2 Å². The van der Waals surface area contributed by atoms with Crippen LogP contribution in [0.25, 0.3) is 0 Å². The normalized spacial score (nSPS) is 24.8. The Labute approximate surface area is 66.2 Å². The molecule has 3 N–H and O–H groups in total. The van der Waals surface area contributed by atoms with E-state index in [1.54, 1.807) is 0 Å². The number of thioether (sulfide) groups is 1. The maximum absolute atomic E-state index is 5.45. The average Bonchev–Trinajstić information content (AvgIpc) is 2.34. The molecule has 0 aromatic carbocycles. The van der Waals surface area contributed by atoms with E-state index in [-0.39, 0.29) is 0 Å². The maximum Gasteiger partial charge on any atom is 0.0784 e. The van der Waals surface area contributed by atoms with Crippen LogP contribution in [0, 0.1) is 5.92 Å². The van der Waals surface area contributed by atoms with Gasteiger partial charge in [0.15, 0.2) is 0 Å². The van der Waals surface area contributed by atoms with Crippen LogP contribution in [0.4, 0.5) is 0 Å². The highest BCUT2D eigenvalue weighted by Gasteiger charge is 2.17. The summed E-state index contributed by atoms with van der Waals surface area (Å²) < 4.78 is 0. The fourth-order valence-corrected chi connectivity index (χ4v) is 1.85. The summed E-state index contributed by atoms with van der Waals surface area (Å²) in [4.78, 5) is 0. The van der Waals surface area contributed by atoms with Crippen molar-refractivity contribution in [1.82, 2.24) is 5.32 Å². The quantitative estimate of drug-likeness (QED) is 0.632. The lowest BCUT2D eigenvalue weighted by molar-refractivity contribution is 0.559. The standard InChI is InChI=1S/C7H14N2S/c1-5(2)7-9-6(3-8)4-10-7/h4-5,7,9H,3,8H2,1-2H3. The summed E-state index contributed by atoms with van der Waals surface area (Å²) in [5.41, 5.74) is 6.62. The Bertz CT molecular complexity index is 143. The van der Waals surface area contributed by atoms with Crippen molar-refractivity contribution in [3.63, 3.8) is 0 Å². The molecule has 1 aliphatic rings. The molecule has 0 aliphatic carbocycles. The largest absolute Gasteiger partial charge is 0.375 e. The molecule has 58 valence electrons. The molecule has 0 saturated carbocycles. The van der Waals surface area contributed by atoms with Crippen molar-refractivity contribution in [1.29, 1.82) is 0 Å². The highest BCUT2D eigenvalue weighted by atomic mass is 32.2. The zero-order valence-electron chi connectivity index (χ0n) is 6.42. The molecule has 1 atom stereocenters. The Balaban J connectivity index is 2.36.